The van der Waals surface area contributed by atoms with Crippen molar-refractivity contribution in [2.75, 3.05) is 11.9 Å². The summed E-state index contributed by atoms with van der Waals surface area (Å²) in [6.07, 6.45) is 0.505. The molecule has 1 atom stereocenters. The Balaban J connectivity index is 1.94. The number of anilines is 1. The molecule has 29 heavy (non-hydrogen) atoms. The van der Waals surface area contributed by atoms with Gasteiger partial charge in [0, 0.05) is 24.5 Å². The van der Waals surface area contributed by atoms with Crippen LogP contribution in [0.4, 0.5) is 28.0 Å². The molecule has 0 aliphatic rings. The Labute approximate surface area is 163 Å². The minimum Gasteiger partial charge on any atom is -0.308 e. The van der Waals surface area contributed by atoms with Crippen molar-refractivity contribution in [2.24, 2.45) is 0 Å². The van der Waals surface area contributed by atoms with E-state index < -0.39 is 46.4 Å². The standard InChI is InChI=1S/C20H17F4N3O2/c1-3-26(20(29)25-13-5-7-14(21)16(23)10-13)11(2)27-9-8-12-4-6-15(22)18(24)17(12)19(27)28/h4-11H,3H2,1-2H3,(H,25,29)/t11-/m0/s1. The first kappa shape index (κ1) is 20.4. The Morgan fingerprint density at radius 1 is 1.07 bits per heavy atom. The number of rotatable bonds is 4. The molecule has 152 valence electrons. The maximum absolute atomic E-state index is 14.2. The van der Waals surface area contributed by atoms with E-state index in [0.29, 0.717) is 0 Å². The van der Waals surface area contributed by atoms with Gasteiger partial charge in [0.1, 0.15) is 6.17 Å². The Morgan fingerprint density at radius 3 is 2.41 bits per heavy atom. The molecule has 0 fully saturated rings. The van der Waals surface area contributed by atoms with Crippen molar-refractivity contribution in [3.05, 3.63) is 76.2 Å². The van der Waals surface area contributed by atoms with Crippen molar-refractivity contribution in [3.63, 3.8) is 0 Å². The number of hydrogen-bond donors (Lipinski definition) is 1. The number of nitrogens with zero attached hydrogens (tertiary/aromatic N) is 2. The molecule has 5 nitrogen and oxygen atoms in total. The van der Waals surface area contributed by atoms with Crippen LogP contribution in [0.1, 0.15) is 20.0 Å². The Bertz CT molecular complexity index is 1150. The zero-order valence-electron chi connectivity index (χ0n) is 15.5. The minimum atomic E-state index is -1.26. The second kappa shape index (κ2) is 7.94. The highest BCUT2D eigenvalue weighted by Gasteiger charge is 2.23. The third-order valence-electron chi connectivity index (χ3n) is 4.62. The van der Waals surface area contributed by atoms with Crippen molar-refractivity contribution in [2.45, 2.75) is 20.0 Å². The number of carbonyl (C=O) groups excluding carboxylic acids is 1. The van der Waals surface area contributed by atoms with Crippen LogP contribution in [-0.4, -0.2) is 22.0 Å². The summed E-state index contributed by atoms with van der Waals surface area (Å²) in [7, 11) is 0. The fraction of sp³-hybridized carbons (Fsp3) is 0.200. The van der Waals surface area contributed by atoms with Gasteiger partial charge in [-0.3, -0.25) is 9.36 Å². The van der Waals surface area contributed by atoms with E-state index in [9.17, 15) is 27.2 Å². The van der Waals surface area contributed by atoms with Crippen LogP contribution in [0.2, 0.25) is 0 Å². The number of halogens is 4. The zero-order chi connectivity index (χ0) is 21.3. The number of nitrogens with one attached hydrogen (secondary N) is 1. The number of amides is 2. The average Bonchev–Trinajstić information content (AvgIpc) is 2.68. The summed E-state index contributed by atoms with van der Waals surface area (Å²) in [5.74, 6) is -4.59. The average molecular weight is 407 g/mol. The lowest BCUT2D eigenvalue weighted by atomic mass is 10.1. The molecule has 0 saturated carbocycles. The first-order valence-corrected chi connectivity index (χ1v) is 8.76. The molecule has 2 amide bonds. The maximum atomic E-state index is 14.2. The third kappa shape index (κ3) is 3.80. The molecule has 0 radical (unpaired) electrons. The van der Waals surface area contributed by atoms with Gasteiger partial charge < -0.3 is 10.2 Å². The van der Waals surface area contributed by atoms with E-state index in [1.165, 1.54) is 36.2 Å². The summed E-state index contributed by atoms with van der Waals surface area (Å²) >= 11 is 0. The highest BCUT2D eigenvalue weighted by atomic mass is 19.2. The summed E-state index contributed by atoms with van der Waals surface area (Å²) in [6.45, 7) is 3.32. The molecule has 1 N–H and O–H groups in total. The second-order valence-corrected chi connectivity index (χ2v) is 6.33. The summed E-state index contributed by atoms with van der Waals surface area (Å²) in [5, 5.41) is 2.23. The number of pyridine rings is 1. The molecular formula is C20H17F4N3O2. The molecule has 0 saturated heterocycles. The molecule has 1 heterocycles. The number of hydrogen-bond acceptors (Lipinski definition) is 2. The SMILES string of the molecule is CCN(C(=O)Nc1ccc(F)c(F)c1)[C@H](C)n1ccc2ccc(F)c(F)c2c1=O. The maximum Gasteiger partial charge on any atom is 0.323 e. The van der Waals surface area contributed by atoms with Gasteiger partial charge in [0.15, 0.2) is 23.3 Å². The number of aromatic nitrogens is 1. The normalized spacial score (nSPS) is 12.1. The molecule has 0 aliphatic heterocycles. The quantitative estimate of drug-likeness (QED) is 0.641. The summed E-state index contributed by atoms with van der Waals surface area (Å²) in [4.78, 5) is 26.6. The van der Waals surface area contributed by atoms with Crippen LogP contribution in [0.5, 0.6) is 0 Å². The fourth-order valence-corrected chi connectivity index (χ4v) is 3.07. The van der Waals surface area contributed by atoms with Crippen LogP contribution < -0.4 is 10.9 Å². The molecule has 1 aromatic heterocycles. The Kier molecular flexibility index (Phi) is 5.58. The topological polar surface area (TPSA) is 54.3 Å². The lowest BCUT2D eigenvalue weighted by Gasteiger charge is -2.29. The molecule has 0 aliphatic carbocycles. The van der Waals surface area contributed by atoms with Gasteiger partial charge >= 0.3 is 6.03 Å². The first-order chi connectivity index (χ1) is 13.7. The van der Waals surface area contributed by atoms with E-state index in [2.05, 4.69) is 5.32 Å². The zero-order valence-corrected chi connectivity index (χ0v) is 15.5. The van der Waals surface area contributed by atoms with Crippen molar-refractivity contribution >= 4 is 22.5 Å². The first-order valence-electron chi connectivity index (χ1n) is 8.76. The Hall–Kier alpha value is -3.36. The van der Waals surface area contributed by atoms with E-state index in [4.69, 9.17) is 0 Å². The van der Waals surface area contributed by atoms with Crippen LogP contribution in [0.15, 0.2) is 47.4 Å². The van der Waals surface area contributed by atoms with Crippen molar-refractivity contribution in [1.29, 1.82) is 0 Å². The number of urea groups is 1. The molecule has 3 rings (SSSR count). The van der Waals surface area contributed by atoms with Gasteiger partial charge in [0.05, 0.1) is 5.39 Å². The summed E-state index contributed by atoms with van der Waals surface area (Å²) in [6, 6.07) is 5.86. The predicted octanol–water partition coefficient (Wildman–Crippen LogP) is 4.63. The third-order valence-corrected chi connectivity index (χ3v) is 4.62. The van der Waals surface area contributed by atoms with E-state index >= 15 is 0 Å². The molecule has 0 bridgehead atoms. The van der Waals surface area contributed by atoms with E-state index in [0.717, 1.165) is 22.8 Å². The van der Waals surface area contributed by atoms with Gasteiger partial charge in [0.2, 0.25) is 0 Å². The van der Waals surface area contributed by atoms with Crippen molar-refractivity contribution in [3.8, 4) is 0 Å². The monoisotopic (exact) mass is 407 g/mol. The lowest BCUT2D eigenvalue weighted by Crippen LogP contribution is -2.42. The summed E-state index contributed by atoms with van der Waals surface area (Å²) in [5.41, 5.74) is -0.774. The highest BCUT2D eigenvalue weighted by molar-refractivity contribution is 5.89. The number of fused-ring (bicyclic) bond motifs is 1. The second-order valence-electron chi connectivity index (χ2n) is 6.33. The van der Waals surface area contributed by atoms with Crippen LogP contribution in [0.25, 0.3) is 10.8 Å². The van der Waals surface area contributed by atoms with Crippen molar-refractivity contribution < 1.29 is 22.4 Å². The molecule has 3 aromatic rings. The van der Waals surface area contributed by atoms with Crippen LogP contribution in [-0.2, 0) is 0 Å². The smallest absolute Gasteiger partial charge is 0.308 e. The number of benzene rings is 2. The predicted molar refractivity (Wildman–Crippen MR) is 101 cm³/mol. The molecule has 0 spiro atoms. The van der Waals surface area contributed by atoms with Gasteiger partial charge in [-0.1, -0.05) is 6.07 Å². The largest absolute Gasteiger partial charge is 0.323 e. The molecule has 9 heteroatoms. The van der Waals surface area contributed by atoms with Crippen molar-refractivity contribution in [1.82, 2.24) is 9.47 Å². The van der Waals surface area contributed by atoms with Crippen LogP contribution in [0, 0.1) is 23.3 Å². The molecule has 2 aromatic carbocycles. The van der Waals surface area contributed by atoms with Gasteiger partial charge in [0.25, 0.3) is 5.56 Å². The van der Waals surface area contributed by atoms with E-state index in [1.54, 1.807) is 6.92 Å². The lowest BCUT2D eigenvalue weighted by molar-refractivity contribution is 0.170. The molecule has 0 unspecified atom stereocenters. The minimum absolute atomic E-state index is 0.0264. The van der Waals surface area contributed by atoms with Gasteiger partial charge in [-0.25, -0.2) is 22.4 Å². The van der Waals surface area contributed by atoms with Gasteiger partial charge in [-0.15, -0.1) is 0 Å². The van der Waals surface area contributed by atoms with E-state index in [1.807, 2.05) is 0 Å². The van der Waals surface area contributed by atoms with Gasteiger partial charge in [-0.2, -0.15) is 0 Å². The van der Waals surface area contributed by atoms with Crippen LogP contribution in [0.3, 0.4) is 0 Å². The Morgan fingerprint density at radius 2 is 1.76 bits per heavy atom. The molecular weight excluding hydrogens is 390 g/mol. The summed E-state index contributed by atoms with van der Waals surface area (Å²) < 4.78 is 55.2. The van der Waals surface area contributed by atoms with E-state index in [-0.39, 0.29) is 17.6 Å². The highest BCUT2D eigenvalue weighted by Crippen LogP contribution is 2.20. The number of carbonyl (C=O) groups is 1. The fourth-order valence-electron chi connectivity index (χ4n) is 3.07. The van der Waals surface area contributed by atoms with Gasteiger partial charge in [-0.05, 0) is 43.5 Å². The van der Waals surface area contributed by atoms with Crippen LogP contribution >= 0.6 is 0 Å².